The lowest BCUT2D eigenvalue weighted by Gasteiger charge is -2.23. The Morgan fingerprint density at radius 1 is 1.17 bits per heavy atom. The van der Waals surface area contributed by atoms with Crippen LogP contribution in [0.4, 0.5) is 0 Å². The number of ether oxygens (including phenoxy) is 2. The summed E-state index contributed by atoms with van der Waals surface area (Å²) in [5, 5.41) is 15.2. The number of carbonyl (C=O) groups is 1. The highest BCUT2D eigenvalue weighted by molar-refractivity contribution is 5.66. The van der Waals surface area contributed by atoms with Crippen molar-refractivity contribution < 1.29 is 19.4 Å². The zero-order valence-corrected chi connectivity index (χ0v) is 10.8. The summed E-state index contributed by atoms with van der Waals surface area (Å²) in [6, 6.07) is 0.613. The molecule has 0 amide bonds. The molecule has 0 aromatic carbocycles. The summed E-state index contributed by atoms with van der Waals surface area (Å²) in [5.74, 6) is -0.831. The lowest BCUT2D eigenvalue weighted by atomic mass is 10.1. The second-order valence-corrected chi connectivity index (χ2v) is 4.35. The number of hydrogen-bond acceptors (Lipinski definition) is 5. The fraction of sp³-hybridized carbons (Fsp3) is 0.917. The molecule has 0 unspecified atom stereocenters. The Morgan fingerprint density at radius 3 is 2.50 bits per heavy atom. The Bertz CT molecular complexity index is 220. The van der Waals surface area contributed by atoms with Crippen LogP contribution >= 0.6 is 0 Å². The van der Waals surface area contributed by atoms with Crippen molar-refractivity contribution in [2.24, 2.45) is 0 Å². The molecule has 106 valence electrons. The van der Waals surface area contributed by atoms with Crippen LogP contribution in [-0.2, 0) is 14.3 Å². The van der Waals surface area contributed by atoms with Crippen LogP contribution < -0.4 is 10.6 Å². The van der Waals surface area contributed by atoms with E-state index < -0.39 is 5.97 Å². The van der Waals surface area contributed by atoms with E-state index in [2.05, 4.69) is 10.6 Å². The molecule has 1 fully saturated rings. The number of rotatable bonds is 10. The van der Waals surface area contributed by atoms with Gasteiger partial charge >= 0.3 is 5.97 Å². The van der Waals surface area contributed by atoms with Crippen LogP contribution in [0.5, 0.6) is 0 Å². The van der Waals surface area contributed by atoms with Gasteiger partial charge in [-0.1, -0.05) is 0 Å². The Kier molecular flexibility index (Phi) is 8.75. The van der Waals surface area contributed by atoms with E-state index in [0.29, 0.717) is 25.9 Å². The first kappa shape index (κ1) is 15.4. The van der Waals surface area contributed by atoms with Gasteiger partial charge in [-0.15, -0.1) is 0 Å². The average molecular weight is 260 g/mol. The summed E-state index contributed by atoms with van der Waals surface area (Å²) in [6.07, 6.45) is 2.41. The molecule has 1 aliphatic heterocycles. The molecule has 0 bridgehead atoms. The molecule has 3 N–H and O–H groups in total. The molecule has 0 spiro atoms. The molecule has 6 nitrogen and oxygen atoms in total. The lowest BCUT2D eigenvalue weighted by molar-refractivity contribution is -0.138. The van der Waals surface area contributed by atoms with Crippen molar-refractivity contribution in [1.29, 1.82) is 0 Å². The first-order valence-electron chi connectivity index (χ1n) is 6.60. The summed E-state index contributed by atoms with van der Waals surface area (Å²) < 4.78 is 10.5. The number of piperidine rings is 1. The summed E-state index contributed by atoms with van der Waals surface area (Å²) in [4.78, 5) is 10.2. The van der Waals surface area contributed by atoms with Gasteiger partial charge in [-0.3, -0.25) is 4.79 Å². The number of carboxylic acid groups (broad SMARTS) is 1. The van der Waals surface area contributed by atoms with E-state index in [1.807, 2.05) is 0 Å². The smallest absolute Gasteiger partial charge is 0.305 e. The molecule has 6 heteroatoms. The van der Waals surface area contributed by atoms with Gasteiger partial charge in [-0.25, -0.2) is 0 Å². The van der Waals surface area contributed by atoms with Gasteiger partial charge in [0.25, 0.3) is 0 Å². The SMILES string of the molecule is O=C(O)CCOCCOCCNC1CCNCC1. The number of aliphatic carboxylic acids is 1. The first-order valence-corrected chi connectivity index (χ1v) is 6.60. The van der Waals surface area contributed by atoms with Gasteiger partial charge in [0.05, 0.1) is 32.8 Å². The van der Waals surface area contributed by atoms with Crippen LogP contribution in [0.15, 0.2) is 0 Å². The van der Waals surface area contributed by atoms with Gasteiger partial charge in [-0.2, -0.15) is 0 Å². The third-order valence-electron chi connectivity index (χ3n) is 2.85. The zero-order chi connectivity index (χ0) is 13.1. The molecule has 0 aliphatic carbocycles. The van der Waals surface area contributed by atoms with Crippen molar-refractivity contribution in [2.75, 3.05) is 46.1 Å². The van der Waals surface area contributed by atoms with E-state index in [1.54, 1.807) is 0 Å². The molecule has 18 heavy (non-hydrogen) atoms. The minimum atomic E-state index is -0.831. The monoisotopic (exact) mass is 260 g/mol. The minimum absolute atomic E-state index is 0.0528. The van der Waals surface area contributed by atoms with Gasteiger partial charge in [0.2, 0.25) is 0 Å². The van der Waals surface area contributed by atoms with Gasteiger partial charge < -0.3 is 25.2 Å². The number of hydrogen-bond donors (Lipinski definition) is 3. The summed E-state index contributed by atoms with van der Waals surface area (Å²) in [6.45, 7) is 4.96. The third kappa shape index (κ3) is 8.41. The molecule has 0 radical (unpaired) electrons. The van der Waals surface area contributed by atoms with Crippen LogP contribution in [0.2, 0.25) is 0 Å². The Morgan fingerprint density at radius 2 is 1.83 bits per heavy atom. The molecule has 1 saturated heterocycles. The highest BCUT2D eigenvalue weighted by atomic mass is 16.5. The number of carboxylic acids is 1. The van der Waals surface area contributed by atoms with E-state index >= 15 is 0 Å². The number of nitrogens with one attached hydrogen (secondary N) is 2. The highest BCUT2D eigenvalue weighted by Crippen LogP contribution is 2.00. The van der Waals surface area contributed by atoms with E-state index in [1.165, 1.54) is 12.8 Å². The maximum atomic E-state index is 10.2. The van der Waals surface area contributed by atoms with Gasteiger partial charge in [0, 0.05) is 12.6 Å². The van der Waals surface area contributed by atoms with Crippen molar-refractivity contribution in [1.82, 2.24) is 10.6 Å². The average Bonchev–Trinajstić information content (AvgIpc) is 2.37. The molecular formula is C12H24N2O4. The van der Waals surface area contributed by atoms with Crippen LogP contribution in [0.25, 0.3) is 0 Å². The van der Waals surface area contributed by atoms with E-state index in [-0.39, 0.29) is 13.0 Å². The van der Waals surface area contributed by atoms with Crippen LogP contribution in [0.3, 0.4) is 0 Å². The van der Waals surface area contributed by atoms with Gasteiger partial charge in [0.15, 0.2) is 0 Å². The fourth-order valence-electron chi connectivity index (χ4n) is 1.84. The second-order valence-electron chi connectivity index (χ2n) is 4.35. The maximum Gasteiger partial charge on any atom is 0.305 e. The zero-order valence-electron chi connectivity index (χ0n) is 10.8. The standard InChI is InChI=1S/C12H24N2O4/c15-12(16)3-7-17-9-10-18-8-6-14-11-1-4-13-5-2-11/h11,13-14H,1-10H2,(H,15,16). The molecule has 0 aromatic heterocycles. The summed E-state index contributed by atoms with van der Waals surface area (Å²) in [7, 11) is 0. The maximum absolute atomic E-state index is 10.2. The highest BCUT2D eigenvalue weighted by Gasteiger charge is 2.10. The summed E-state index contributed by atoms with van der Waals surface area (Å²) in [5.41, 5.74) is 0. The van der Waals surface area contributed by atoms with Gasteiger partial charge in [-0.05, 0) is 25.9 Å². The van der Waals surface area contributed by atoms with Gasteiger partial charge in [0.1, 0.15) is 0 Å². The molecule has 1 aliphatic rings. The molecule has 1 heterocycles. The minimum Gasteiger partial charge on any atom is -0.481 e. The topological polar surface area (TPSA) is 79.8 Å². The van der Waals surface area contributed by atoms with Crippen LogP contribution in [0, 0.1) is 0 Å². The molecular weight excluding hydrogens is 236 g/mol. The van der Waals surface area contributed by atoms with Crippen molar-refractivity contribution in [2.45, 2.75) is 25.3 Å². The molecule has 0 saturated carbocycles. The lowest BCUT2D eigenvalue weighted by Crippen LogP contribution is -2.41. The molecule has 0 aromatic rings. The summed E-state index contributed by atoms with van der Waals surface area (Å²) >= 11 is 0. The van der Waals surface area contributed by atoms with Crippen molar-refractivity contribution >= 4 is 5.97 Å². The van der Waals surface area contributed by atoms with Crippen molar-refractivity contribution in [3.05, 3.63) is 0 Å². The normalized spacial score (nSPS) is 16.9. The van der Waals surface area contributed by atoms with E-state index in [4.69, 9.17) is 14.6 Å². The Labute approximate surface area is 108 Å². The van der Waals surface area contributed by atoms with Crippen LogP contribution in [-0.4, -0.2) is 63.2 Å². The molecule has 1 rings (SSSR count). The Balaban J connectivity index is 1.76. The quantitative estimate of drug-likeness (QED) is 0.474. The second kappa shape index (κ2) is 10.3. The predicted octanol–water partition coefficient (Wildman–Crippen LogP) is -0.164. The predicted molar refractivity (Wildman–Crippen MR) is 67.8 cm³/mol. The van der Waals surface area contributed by atoms with Crippen LogP contribution in [0.1, 0.15) is 19.3 Å². The van der Waals surface area contributed by atoms with Crippen molar-refractivity contribution in [3.63, 3.8) is 0 Å². The fourth-order valence-corrected chi connectivity index (χ4v) is 1.84. The van der Waals surface area contributed by atoms with E-state index in [0.717, 1.165) is 19.6 Å². The first-order chi connectivity index (χ1) is 8.79. The largest absolute Gasteiger partial charge is 0.481 e. The van der Waals surface area contributed by atoms with Crippen molar-refractivity contribution in [3.8, 4) is 0 Å². The third-order valence-corrected chi connectivity index (χ3v) is 2.85. The van der Waals surface area contributed by atoms with E-state index in [9.17, 15) is 4.79 Å². The molecule has 0 atom stereocenters. The Hall–Kier alpha value is -0.690.